The highest BCUT2D eigenvalue weighted by molar-refractivity contribution is 7.99. The van der Waals surface area contributed by atoms with E-state index in [0.29, 0.717) is 22.0 Å². The van der Waals surface area contributed by atoms with E-state index in [9.17, 15) is 9.59 Å². The van der Waals surface area contributed by atoms with Crippen molar-refractivity contribution in [3.05, 3.63) is 65.0 Å². The van der Waals surface area contributed by atoms with Crippen LogP contribution in [0.3, 0.4) is 0 Å². The zero-order chi connectivity index (χ0) is 20.6. The number of aromatic nitrogens is 2. The molecule has 1 amide bonds. The molecule has 3 aromatic rings. The van der Waals surface area contributed by atoms with Crippen molar-refractivity contribution in [2.24, 2.45) is 0 Å². The number of benzene rings is 2. The van der Waals surface area contributed by atoms with Crippen LogP contribution < -0.4 is 10.1 Å². The minimum Gasteiger partial charge on any atom is -0.484 e. The molecule has 0 fully saturated rings. The number of hydrogen-bond acceptors (Lipinski definition) is 8. The number of anilines is 1. The Morgan fingerprint density at radius 3 is 2.72 bits per heavy atom. The van der Waals surface area contributed by atoms with Crippen LogP contribution in [0.25, 0.3) is 0 Å². The zero-order valence-corrected chi connectivity index (χ0v) is 16.8. The number of halogens is 1. The Balaban J connectivity index is 1.47. The number of thioether (sulfide) groups is 1. The molecule has 0 bridgehead atoms. The zero-order valence-electron chi connectivity index (χ0n) is 15.3. The molecular formula is C19H16ClN3O5S. The summed E-state index contributed by atoms with van der Waals surface area (Å²) in [6.45, 7) is 0.0989. The number of nitrogens with one attached hydrogen (secondary N) is 1. The number of rotatable bonds is 8. The van der Waals surface area contributed by atoms with Gasteiger partial charge in [0.05, 0.1) is 18.4 Å². The normalized spacial score (nSPS) is 10.4. The minimum absolute atomic E-state index is 0.0577. The van der Waals surface area contributed by atoms with Gasteiger partial charge in [-0.3, -0.25) is 4.79 Å². The summed E-state index contributed by atoms with van der Waals surface area (Å²) in [4.78, 5) is 23.6. The predicted molar refractivity (Wildman–Crippen MR) is 107 cm³/mol. The van der Waals surface area contributed by atoms with Gasteiger partial charge in [-0.05, 0) is 42.5 Å². The topological polar surface area (TPSA) is 104 Å². The predicted octanol–water partition coefficient (Wildman–Crippen LogP) is 3.82. The van der Waals surface area contributed by atoms with Crippen LogP contribution in [0.2, 0.25) is 5.02 Å². The van der Waals surface area contributed by atoms with Crippen LogP contribution in [0.5, 0.6) is 5.75 Å². The molecule has 0 saturated heterocycles. The summed E-state index contributed by atoms with van der Waals surface area (Å²) < 4.78 is 15.6. The molecule has 0 atom stereocenters. The summed E-state index contributed by atoms with van der Waals surface area (Å²) in [6.07, 6.45) is 0. The number of hydrogen-bond donors (Lipinski definition) is 1. The average molecular weight is 434 g/mol. The smallest absolute Gasteiger partial charge is 0.337 e. The number of esters is 1. The minimum atomic E-state index is -0.477. The third-order valence-corrected chi connectivity index (χ3v) is 4.59. The first-order valence-corrected chi connectivity index (χ1v) is 9.71. The maximum absolute atomic E-state index is 12.1. The molecule has 1 aromatic heterocycles. The Labute approximate surface area is 175 Å². The summed E-state index contributed by atoms with van der Waals surface area (Å²) in [5, 5.41) is 11.3. The van der Waals surface area contributed by atoms with Gasteiger partial charge in [-0.15, -0.1) is 10.2 Å². The molecule has 0 saturated carbocycles. The lowest BCUT2D eigenvalue weighted by molar-refractivity contribution is -0.113. The van der Waals surface area contributed by atoms with Crippen molar-refractivity contribution in [2.45, 2.75) is 11.8 Å². The average Bonchev–Trinajstić information content (AvgIpc) is 3.19. The molecule has 0 aliphatic rings. The van der Waals surface area contributed by atoms with Crippen molar-refractivity contribution in [2.75, 3.05) is 18.2 Å². The third kappa shape index (κ3) is 6.23. The van der Waals surface area contributed by atoms with Gasteiger partial charge >= 0.3 is 5.97 Å². The van der Waals surface area contributed by atoms with Crippen molar-refractivity contribution in [1.82, 2.24) is 10.2 Å². The molecule has 0 unspecified atom stereocenters. The molecule has 0 spiro atoms. The molecule has 0 aliphatic heterocycles. The SMILES string of the molecule is COC(=O)c1cccc(NC(=O)CSc2nnc(COc3ccc(Cl)cc3)o2)c1. The molecule has 10 heteroatoms. The molecule has 0 radical (unpaired) electrons. The molecule has 3 rings (SSSR count). The Kier molecular flexibility index (Phi) is 7.09. The molecule has 8 nitrogen and oxygen atoms in total. The molecule has 29 heavy (non-hydrogen) atoms. The number of ether oxygens (including phenoxy) is 2. The maximum Gasteiger partial charge on any atom is 0.337 e. The van der Waals surface area contributed by atoms with Crippen molar-refractivity contribution in [1.29, 1.82) is 0 Å². The second kappa shape index (κ2) is 9.94. The summed E-state index contributed by atoms with van der Waals surface area (Å²) in [5.41, 5.74) is 0.835. The van der Waals surface area contributed by atoms with Crippen LogP contribution in [0, 0.1) is 0 Å². The van der Waals surface area contributed by atoms with E-state index in [1.807, 2.05) is 0 Å². The molecule has 1 heterocycles. The van der Waals surface area contributed by atoms with Gasteiger partial charge in [0.15, 0.2) is 6.61 Å². The fraction of sp³-hybridized carbons (Fsp3) is 0.158. The Morgan fingerprint density at radius 1 is 1.17 bits per heavy atom. The summed E-state index contributed by atoms with van der Waals surface area (Å²) >= 11 is 6.91. The molecular weight excluding hydrogens is 418 g/mol. The quantitative estimate of drug-likeness (QED) is 0.422. The van der Waals surface area contributed by atoms with Gasteiger partial charge < -0.3 is 19.2 Å². The summed E-state index contributed by atoms with van der Waals surface area (Å²) in [7, 11) is 1.30. The van der Waals surface area contributed by atoms with Gasteiger partial charge in [-0.2, -0.15) is 0 Å². The van der Waals surface area contributed by atoms with E-state index in [2.05, 4.69) is 20.3 Å². The van der Waals surface area contributed by atoms with Crippen LogP contribution in [0.15, 0.2) is 58.2 Å². The van der Waals surface area contributed by atoms with E-state index in [4.69, 9.17) is 20.8 Å². The molecule has 0 aliphatic carbocycles. The van der Waals surface area contributed by atoms with E-state index in [1.54, 1.807) is 42.5 Å². The highest BCUT2D eigenvalue weighted by atomic mass is 35.5. The first kappa shape index (κ1) is 20.7. The Bertz CT molecular complexity index is 994. The van der Waals surface area contributed by atoms with Crippen molar-refractivity contribution in [3.8, 4) is 5.75 Å². The highest BCUT2D eigenvalue weighted by Gasteiger charge is 2.12. The lowest BCUT2D eigenvalue weighted by Gasteiger charge is -2.05. The summed E-state index contributed by atoms with van der Waals surface area (Å²) in [6, 6.07) is 13.3. The fourth-order valence-electron chi connectivity index (χ4n) is 2.20. The standard InChI is InChI=1S/C19H16ClN3O5S/c1-26-18(25)12-3-2-4-14(9-12)21-16(24)11-29-19-23-22-17(28-19)10-27-15-7-5-13(20)6-8-15/h2-9H,10-11H2,1H3,(H,21,24). The van der Waals surface area contributed by atoms with Gasteiger partial charge in [-0.25, -0.2) is 4.79 Å². The third-order valence-electron chi connectivity index (χ3n) is 3.52. The lowest BCUT2D eigenvalue weighted by Crippen LogP contribution is -2.14. The first-order valence-electron chi connectivity index (χ1n) is 8.35. The van der Waals surface area contributed by atoms with E-state index in [0.717, 1.165) is 11.8 Å². The van der Waals surface area contributed by atoms with E-state index in [1.165, 1.54) is 13.2 Å². The molecule has 2 aromatic carbocycles. The van der Waals surface area contributed by atoms with Crippen LogP contribution in [0.4, 0.5) is 5.69 Å². The fourth-order valence-corrected chi connectivity index (χ4v) is 2.90. The highest BCUT2D eigenvalue weighted by Crippen LogP contribution is 2.20. The second-order valence-corrected chi connectivity index (χ2v) is 6.98. The van der Waals surface area contributed by atoms with Crippen molar-refractivity contribution in [3.63, 3.8) is 0 Å². The van der Waals surface area contributed by atoms with Gasteiger partial charge in [0.25, 0.3) is 11.1 Å². The van der Waals surface area contributed by atoms with Gasteiger partial charge in [-0.1, -0.05) is 29.4 Å². The van der Waals surface area contributed by atoms with Crippen LogP contribution in [0.1, 0.15) is 16.2 Å². The first-order chi connectivity index (χ1) is 14.0. The van der Waals surface area contributed by atoms with Crippen LogP contribution >= 0.6 is 23.4 Å². The van der Waals surface area contributed by atoms with E-state index >= 15 is 0 Å². The second-order valence-electron chi connectivity index (χ2n) is 5.61. The Hall–Kier alpha value is -3.04. The van der Waals surface area contributed by atoms with Crippen LogP contribution in [-0.4, -0.2) is 34.9 Å². The number of carbonyl (C=O) groups is 2. The van der Waals surface area contributed by atoms with Gasteiger partial charge in [0.1, 0.15) is 5.75 Å². The number of methoxy groups -OCH3 is 1. The summed E-state index contributed by atoms with van der Waals surface area (Å²) in [5.74, 6) is 0.204. The largest absolute Gasteiger partial charge is 0.484 e. The molecule has 1 N–H and O–H groups in total. The number of amides is 1. The van der Waals surface area contributed by atoms with Gasteiger partial charge in [0, 0.05) is 10.7 Å². The number of nitrogens with zero attached hydrogens (tertiary/aromatic N) is 2. The number of carbonyl (C=O) groups excluding carboxylic acids is 2. The maximum atomic E-state index is 12.1. The van der Waals surface area contributed by atoms with Crippen LogP contribution in [-0.2, 0) is 16.1 Å². The molecule has 150 valence electrons. The van der Waals surface area contributed by atoms with Gasteiger partial charge in [0.2, 0.25) is 5.91 Å². The van der Waals surface area contributed by atoms with E-state index in [-0.39, 0.29) is 29.4 Å². The van der Waals surface area contributed by atoms with Crippen molar-refractivity contribution >= 4 is 40.9 Å². The monoisotopic (exact) mass is 433 g/mol. The lowest BCUT2D eigenvalue weighted by atomic mass is 10.2. The van der Waals surface area contributed by atoms with Crippen molar-refractivity contribution < 1.29 is 23.5 Å². The Morgan fingerprint density at radius 2 is 1.97 bits per heavy atom. The van der Waals surface area contributed by atoms with E-state index < -0.39 is 5.97 Å².